The normalized spacial score (nSPS) is 11.8. The third-order valence-electron chi connectivity index (χ3n) is 4.32. The van der Waals surface area contributed by atoms with Gasteiger partial charge in [-0.15, -0.1) is 23.5 Å². The summed E-state index contributed by atoms with van der Waals surface area (Å²) in [6.07, 6.45) is 5.47. The van der Waals surface area contributed by atoms with Gasteiger partial charge in [-0.3, -0.25) is 9.59 Å². The highest BCUT2D eigenvalue weighted by Crippen LogP contribution is 2.24. The van der Waals surface area contributed by atoms with Gasteiger partial charge in [0.25, 0.3) is 11.8 Å². The molecule has 2 aromatic rings. The van der Waals surface area contributed by atoms with Gasteiger partial charge in [0.2, 0.25) is 0 Å². The fraction of sp³-hybridized carbons (Fsp3) is 0.333. The summed E-state index contributed by atoms with van der Waals surface area (Å²) in [5, 5.41) is 6.67. The number of hydrogen-bond acceptors (Lipinski definition) is 4. The molecule has 2 N–H and O–H groups in total. The fourth-order valence-corrected chi connectivity index (χ4v) is 4.05. The van der Waals surface area contributed by atoms with Crippen molar-refractivity contribution in [3.63, 3.8) is 0 Å². The molecular weight excluding hydrogens is 447 g/mol. The molecule has 29 heavy (non-hydrogen) atoms. The predicted octanol–water partition coefficient (Wildman–Crippen LogP) is 5.77. The minimum Gasteiger partial charge on any atom is -0.350 e. The molecule has 0 saturated carbocycles. The van der Waals surface area contributed by atoms with Crippen LogP contribution in [-0.2, 0) is 0 Å². The van der Waals surface area contributed by atoms with E-state index in [1.807, 2.05) is 31.6 Å². The van der Waals surface area contributed by atoms with Gasteiger partial charge < -0.3 is 10.6 Å². The second kappa shape index (κ2) is 11.7. The van der Waals surface area contributed by atoms with Crippen LogP contribution >= 0.6 is 46.7 Å². The largest absolute Gasteiger partial charge is 0.350 e. The second-order valence-corrected chi connectivity index (χ2v) is 8.93. The monoisotopic (exact) mass is 470 g/mol. The summed E-state index contributed by atoms with van der Waals surface area (Å²) in [7, 11) is 0. The lowest BCUT2D eigenvalue weighted by molar-refractivity contribution is 0.0906. The van der Waals surface area contributed by atoms with Gasteiger partial charge in [0.1, 0.15) is 0 Å². The van der Waals surface area contributed by atoms with Crippen molar-refractivity contribution in [3.8, 4) is 0 Å². The van der Waals surface area contributed by atoms with Crippen LogP contribution in [0.4, 0.5) is 0 Å². The molecule has 0 aliphatic rings. The molecule has 0 unspecified atom stereocenters. The Bertz CT molecular complexity index is 878. The van der Waals surface area contributed by atoms with Gasteiger partial charge in [-0.25, -0.2) is 0 Å². The van der Waals surface area contributed by atoms with Gasteiger partial charge in [-0.1, -0.05) is 36.5 Å². The van der Waals surface area contributed by atoms with E-state index in [0.29, 0.717) is 27.7 Å². The van der Waals surface area contributed by atoms with E-state index in [2.05, 4.69) is 10.6 Å². The molecule has 0 heterocycles. The lowest BCUT2D eigenvalue weighted by Gasteiger charge is -2.20. The molecule has 4 nitrogen and oxygen atoms in total. The highest BCUT2D eigenvalue weighted by atomic mass is 35.5. The summed E-state index contributed by atoms with van der Waals surface area (Å²) in [5.41, 5.74) is 0.859. The Morgan fingerprint density at radius 3 is 1.93 bits per heavy atom. The molecule has 2 aromatic carbocycles. The quantitative estimate of drug-likeness (QED) is 0.456. The third kappa shape index (κ3) is 6.85. The number of thioether (sulfide) groups is 2. The first kappa shape index (κ1) is 23.9. The van der Waals surface area contributed by atoms with Gasteiger partial charge >= 0.3 is 0 Å². The number of amides is 2. The molecule has 0 spiro atoms. The molecule has 0 fully saturated rings. The number of halogens is 2. The molecule has 0 radical (unpaired) electrons. The highest BCUT2D eigenvalue weighted by Gasteiger charge is 2.18. The molecule has 0 aliphatic heterocycles. The van der Waals surface area contributed by atoms with Gasteiger partial charge in [0, 0.05) is 22.4 Å². The number of nitrogens with one attached hydrogen (secondary N) is 2. The Labute approximate surface area is 190 Å². The fourth-order valence-electron chi connectivity index (χ4n) is 2.76. The van der Waals surface area contributed by atoms with Crippen molar-refractivity contribution >= 4 is 58.5 Å². The van der Waals surface area contributed by atoms with E-state index >= 15 is 0 Å². The summed E-state index contributed by atoms with van der Waals surface area (Å²) in [6.45, 7) is 2.33. The summed E-state index contributed by atoms with van der Waals surface area (Å²) in [4.78, 5) is 27.2. The van der Waals surface area contributed by atoms with E-state index in [1.165, 1.54) is 0 Å². The Hall–Kier alpha value is -1.34. The minimum atomic E-state index is -0.260. The molecule has 2 amide bonds. The van der Waals surface area contributed by atoms with Crippen molar-refractivity contribution in [2.75, 3.05) is 19.1 Å². The zero-order valence-electron chi connectivity index (χ0n) is 16.6. The van der Waals surface area contributed by atoms with Crippen LogP contribution in [0.5, 0.6) is 0 Å². The van der Waals surface area contributed by atoms with Crippen molar-refractivity contribution in [3.05, 3.63) is 57.6 Å². The lowest BCUT2D eigenvalue weighted by Crippen LogP contribution is -2.43. The predicted molar refractivity (Wildman–Crippen MR) is 125 cm³/mol. The van der Waals surface area contributed by atoms with Crippen LogP contribution in [-0.4, -0.2) is 36.9 Å². The van der Waals surface area contributed by atoms with Gasteiger partial charge in [-0.05, 0) is 55.3 Å². The molecule has 156 valence electrons. The van der Waals surface area contributed by atoms with E-state index in [9.17, 15) is 9.59 Å². The number of carbonyl (C=O) groups excluding carboxylic acids is 2. The summed E-state index contributed by atoms with van der Waals surface area (Å²) in [5.74, 6) is -0.510. The van der Waals surface area contributed by atoms with Crippen LogP contribution in [0.2, 0.25) is 10.0 Å². The van der Waals surface area contributed by atoms with Gasteiger partial charge in [0.05, 0.1) is 21.2 Å². The number of hydrogen-bond donors (Lipinski definition) is 2. The molecule has 0 saturated heterocycles. The number of carbonyl (C=O) groups is 2. The first-order valence-electron chi connectivity index (χ1n) is 9.15. The average molecular weight is 471 g/mol. The van der Waals surface area contributed by atoms with Crippen molar-refractivity contribution in [1.82, 2.24) is 10.6 Å². The molecule has 1 atom stereocenters. The minimum absolute atomic E-state index is 0.215. The van der Waals surface area contributed by atoms with E-state index in [1.54, 1.807) is 47.8 Å². The van der Waals surface area contributed by atoms with Crippen LogP contribution in [0.25, 0.3) is 0 Å². The molecule has 8 heteroatoms. The van der Waals surface area contributed by atoms with Crippen LogP contribution in [0.1, 0.15) is 40.5 Å². The maximum Gasteiger partial charge on any atom is 0.253 e. The van der Waals surface area contributed by atoms with Crippen molar-refractivity contribution in [1.29, 1.82) is 0 Å². The van der Waals surface area contributed by atoms with Gasteiger partial charge in [-0.2, -0.15) is 0 Å². The standard InChI is InChI=1S/C21H24Cl2N2O2S2/c1-4-5-13(25-21(27)17-11-15(29-3)7-9-19(17)23)12-24-20(26)16-10-14(28-2)6-8-18(16)22/h6-11,13H,4-5,12H2,1-3H3,(H,24,26)(H,25,27)/t13-/m1/s1. The molecular formula is C21H24Cl2N2O2S2. The first-order valence-corrected chi connectivity index (χ1v) is 12.4. The molecule has 0 bridgehead atoms. The molecule has 0 aliphatic carbocycles. The highest BCUT2D eigenvalue weighted by molar-refractivity contribution is 7.98. The van der Waals surface area contributed by atoms with E-state index in [-0.39, 0.29) is 17.9 Å². The topological polar surface area (TPSA) is 58.2 Å². The Morgan fingerprint density at radius 2 is 1.45 bits per heavy atom. The summed E-state index contributed by atoms with van der Waals surface area (Å²) in [6, 6.07) is 10.5. The number of rotatable bonds is 9. The lowest BCUT2D eigenvalue weighted by atomic mass is 10.1. The van der Waals surface area contributed by atoms with Crippen molar-refractivity contribution in [2.24, 2.45) is 0 Å². The van der Waals surface area contributed by atoms with E-state index in [4.69, 9.17) is 23.2 Å². The first-order chi connectivity index (χ1) is 13.9. The maximum atomic E-state index is 12.7. The maximum absolute atomic E-state index is 12.7. The third-order valence-corrected chi connectivity index (χ3v) is 6.43. The summed E-state index contributed by atoms with van der Waals surface area (Å²) >= 11 is 15.5. The Morgan fingerprint density at radius 1 is 0.931 bits per heavy atom. The zero-order valence-corrected chi connectivity index (χ0v) is 19.7. The number of benzene rings is 2. The Balaban J connectivity index is 2.07. The van der Waals surface area contributed by atoms with E-state index < -0.39 is 0 Å². The Kier molecular flexibility index (Phi) is 9.69. The smallest absolute Gasteiger partial charge is 0.253 e. The van der Waals surface area contributed by atoms with E-state index in [0.717, 1.165) is 22.6 Å². The van der Waals surface area contributed by atoms with Crippen LogP contribution in [0.15, 0.2) is 46.2 Å². The van der Waals surface area contributed by atoms with Crippen LogP contribution in [0.3, 0.4) is 0 Å². The van der Waals surface area contributed by atoms with Crippen LogP contribution in [0, 0.1) is 0 Å². The average Bonchev–Trinajstić information content (AvgIpc) is 2.72. The van der Waals surface area contributed by atoms with Crippen molar-refractivity contribution in [2.45, 2.75) is 35.6 Å². The second-order valence-electron chi connectivity index (χ2n) is 6.36. The summed E-state index contributed by atoms with van der Waals surface area (Å²) < 4.78 is 0. The zero-order chi connectivity index (χ0) is 21.4. The van der Waals surface area contributed by atoms with Crippen LogP contribution < -0.4 is 10.6 Å². The van der Waals surface area contributed by atoms with Crippen molar-refractivity contribution < 1.29 is 9.59 Å². The molecule has 2 rings (SSSR count). The SMILES string of the molecule is CCC[C@H](CNC(=O)c1cc(SC)ccc1Cl)NC(=O)c1cc(SC)ccc1Cl. The molecule has 0 aromatic heterocycles. The van der Waals surface area contributed by atoms with Gasteiger partial charge in [0.15, 0.2) is 0 Å².